The molecule has 0 bridgehead atoms. The maximum Gasteiger partial charge on any atom is 0.144 e. The van der Waals surface area contributed by atoms with Crippen LogP contribution in [0.2, 0.25) is 0 Å². The molecule has 138 valence electrons. The molecular formula is C24H21N3O. The summed E-state index contributed by atoms with van der Waals surface area (Å²) in [5.41, 5.74) is 7.13. The second-order valence-corrected chi connectivity index (χ2v) is 6.41. The van der Waals surface area contributed by atoms with Crippen molar-refractivity contribution in [3.05, 3.63) is 90.4 Å². The minimum absolute atomic E-state index is 0.841. The molecule has 2 heterocycles. The largest absolute Gasteiger partial charge is 0.497 e. The van der Waals surface area contributed by atoms with Gasteiger partial charge in [-0.05, 0) is 49.0 Å². The molecule has 0 atom stereocenters. The van der Waals surface area contributed by atoms with Crippen LogP contribution in [0.15, 0.2) is 84.3 Å². The first-order valence-electron chi connectivity index (χ1n) is 9.09. The topological polar surface area (TPSA) is 38.9 Å². The van der Waals surface area contributed by atoms with E-state index in [1.807, 2.05) is 61.8 Å². The fourth-order valence-corrected chi connectivity index (χ4v) is 3.43. The quantitative estimate of drug-likeness (QED) is 0.419. The van der Waals surface area contributed by atoms with Gasteiger partial charge in [-0.15, -0.1) is 0 Å². The Balaban J connectivity index is 1.78. The van der Waals surface area contributed by atoms with E-state index in [-0.39, 0.29) is 0 Å². The SMILES string of the molecule is C=Nc1ccccc1/C(=C\C)c1ccn2cc(-c3ccc(OC)cc3)cnc12. The van der Waals surface area contributed by atoms with Crippen molar-refractivity contribution in [3.8, 4) is 16.9 Å². The normalized spacial score (nSPS) is 11.6. The Labute approximate surface area is 164 Å². The van der Waals surface area contributed by atoms with E-state index in [1.54, 1.807) is 7.11 Å². The first kappa shape index (κ1) is 17.7. The van der Waals surface area contributed by atoms with Gasteiger partial charge in [0.2, 0.25) is 0 Å². The number of nitrogens with zero attached hydrogens (tertiary/aromatic N) is 3. The third kappa shape index (κ3) is 3.09. The number of methoxy groups -OCH3 is 1. The van der Waals surface area contributed by atoms with Crippen LogP contribution in [-0.2, 0) is 0 Å². The van der Waals surface area contributed by atoms with Crippen molar-refractivity contribution in [1.82, 2.24) is 9.38 Å². The van der Waals surface area contributed by atoms with Crippen molar-refractivity contribution in [2.45, 2.75) is 6.92 Å². The summed E-state index contributed by atoms with van der Waals surface area (Å²) in [6.07, 6.45) is 8.14. The first-order valence-corrected chi connectivity index (χ1v) is 9.09. The highest BCUT2D eigenvalue weighted by Gasteiger charge is 2.14. The molecule has 0 radical (unpaired) electrons. The molecule has 4 aromatic rings. The second-order valence-electron chi connectivity index (χ2n) is 6.41. The number of fused-ring (bicyclic) bond motifs is 1. The molecule has 0 spiro atoms. The minimum Gasteiger partial charge on any atom is -0.497 e. The summed E-state index contributed by atoms with van der Waals surface area (Å²) in [7, 11) is 1.67. The number of rotatable bonds is 5. The van der Waals surface area contributed by atoms with Crippen molar-refractivity contribution in [2.75, 3.05) is 7.11 Å². The number of benzene rings is 2. The predicted octanol–water partition coefficient (Wildman–Crippen LogP) is 5.79. The summed E-state index contributed by atoms with van der Waals surface area (Å²) in [5.74, 6) is 0.841. The van der Waals surface area contributed by atoms with Crippen molar-refractivity contribution in [1.29, 1.82) is 0 Å². The van der Waals surface area contributed by atoms with E-state index in [4.69, 9.17) is 9.72 Å². The summed E-state index contributed by atoms with van der Waals surface area (Å²) in [6, 6.07) is 18.1. The van der Waals surface area contributed by atoms with Crippen LogP contribution in [0.4, 0.5) is 5.69 Å². The molecule has 0 aliphatic rings. The van der Waals surface area contributed by atoms with E-state index in [1.165, 1.54) is 0 Å². The van der Waals surface area contributed by atoms with Crippen molar-refractivity contribution in [3.63, 3.8) is 0 Å². The van der Waals surface area contributed by atoms with E-state index < -0.39 is 0 Å². The van der Waals surface area contributed by atoms with Crippen molar-refractivity contribution in [2.24, 2.45) is 4.99 Å². The van der Waals surface area contributed by atoms with E-state index in [0.717, 1.165) is 44.9 Å². The molecule has 0 aliphatic heterocycles. The maximum absolute atomic E-state index is 5.24. The van der Waals surface area contributed by atoms with Gasteiger partial charge < -0.3 is 9.14 Å². The van der Waals surface area contributed by atoms with Crippen LogP contribution in [-0.4, -0.2) is 23.2 Å². The number of hydrogen-bond acceptors (Lipinski definition) is 3. The van der Waals surface area contributed by atoms with Crippen LogP contribution in [0, 0.1) is 0 Å². The fraction of sp³-hybridized carbons (Fsp3) is 0.0833. The minimum atomic E-state index is 0.841. The number of aliphatic imine (C=N–C) groups is 1. The molecule has 4 rings (SSSR count). The van der Waals surface area contributed by atoms with E-state index in [2.05, 4.69) is 40.5 Å². The van der Waals surface area contributed by atoms with Crippen LogP contribution in [0.5, 0.6) is 5.75 Å². The molecule has 4 nitrogen and oxygen atoms in total. The monoisotopic (exact) mass is 367 g/mol. The van der Waals surface area contributed by atoms with Crippen LogP contribution in [0.3, 0.4) is 0 Å². The number of ether oxygens (including phenoxy) is 1. The van der Waals surface area contributed by atoms with E-state index in [9.17, 15) is 0 Å². The molecule has 0 saturated carbocycles. The lowest BCUT2D eigenvalue weighted by Gasteiger charge is -2.10. The van der Waals surface area contributed by atoms with Crippen LogP contribution < -0.4 is 4.74 Å². The average Bonchev–Trinajstić information content (AvgIpc) is 3.18. The van der Waals surface area contributed by atoms with Gasteiger partial charge in [-0.1, -0.05) is 36.4 Å². The summed E-state index contributed by atoms with van der Waals surface area (Å²) in [4.78, 5) is 8.92. The van der Waals surface area contributed by atoms with Gasteiger partial charge in [0.25, 0.3) is 0 Å². The standard InChI is InChI=1S/C24H21N3O/c1-4-20(21-7-5-6-8-23(21)25-2)22-13-14-27-16-18(15-26-24(22)27)17-9-11-19(28-3)12-10-17/h4-16H,2H2,1,3H3/b20-4+. The summed E-state index contributed by atoms with van der Waals surface area (Å²) >= 11 is 0. The van der Waals surface area contributed by atoms with E-state index in [0.29, 0.717) is 0 Å². The highest BCUT2D eigenvalue weighted by Crippen LogP contribution is 2.33. The van der Waals surface area contributed by atoms with Crippen LogP contribution in [0.25, 0.3) is 22.3 Å². The Morgan fingerprint density at radius 1 is 1.04 bits per heavy atom. The molecule has 0 fully saturated rings. The van der Waals surface area contributed by atoms with Crippen molar-refractivity contribution >= 4 is 23.6 Å². The molecule has 4 heteroatoms. The van der Waals surface area contributed by atoms with Gasteiger partial charge in [-0.25, -0.2) is 4.98 Å². The smallest absolute Gasteiger partial charge is 0.144 e. The Morgan fingerprint density at radius 3 is 2.54 bits per heavy atom. The predicted molar refractivity (Wildman–Crippen MR) is 116 cm³/mol. The van der Waals surface area contributed by atoms with Gasteiger partial charge in [-0.3, -0.25) is 4.99 Å². The highest BCUT2D eigenvalue weighted by atomic mass is 16.5. The zero-order valence-electron chi connectivity index (χ0n) is 16.0. The van der Waals surface area contributed by atoms with E-state index >= 15 is 0 Å². The summed E-state index contributed by atoms with van der Waals surface area (Å²) in [5, 5.41) is 0. The molecule has 0 amide bonds. The molecular weight excluding hydrogens is 346 g/mol. The zero-order valence-corrected chi connectivity index (χ0v) is 16.0. The average molecular weight is 367 g/mol. The number of aromatic nitrogens is 2. The summed E-state index contributed by atoms with van der Waals surface area (Å²) in [6.45, 7) is 5.73. The highest BCUT2D eigenvalue weighted by molar-refractivity contribution is 5.90. The lowest BCUT2D eigenvalue weighted by atomic mass is 9.98. The van der Waals surface area contributed by atoms with Gasteiger partial charge in [0.1, 0.15) is 11.4 Å². The van der Waals surface area contributed by atoms with Gasteiger partial charge in [-0.2, -0.15) is 0 Å². The Hall–Kier alpha value is -3.66. The summed E-state index contributed by atoms with van der Waals surface area (Å²) < 4.78 is 7.30. The Bertz CT molecular complexity index is 1170. The molecule has 0 saturated heterocycles. The molecule has 0 aliphatic carbocycles. The first-order chi connectivity index (χ1) is 13.7. The number of hydrogen-bond donors (Lipinski definition) is 0. The molecule has 28 heavy (non-hydrogen) atoms. The Kier molecular flexibility index (Phi) is 4.77. The number of allylic oxidation sites excluding steroid dienone is 1. The van der Waals surface area contributed by atoms with Gasteiger partial charge in [0, 0.05) is 35.3 Å². The fourth-order valence-electron chi connectivity index (χ4n) is 3.43. The zero-order chi connectivity index (χ0) is 19.5. The van der Waals surface area contributed by atoms with Gasteiger partial charge >= 0.3 is 0 Å². The third-order valence-electron chi connectivity index (χ3n) is 4.86. The molecule has 2 aromatic heterocycles. The molecule has 0 unspecified atom stereocenters. The lowest BCUT2D eigenvalue weighted by Crippen LogP contribution is -1.93. The third-order valence-corrected chi connectivity index (χ3v) is 4.86. The van der Waals surface area contributed by atoms with Gasteiger partial charge in [0.05, 0.1) is 12.8 Å². The molecule has 2 aromatic carbocycles. The Morgan fingerprint density at radius 2 is 1.82 bits per heavy atom. The maximum atomic E-state index is 5.24. The van der Waals surface area contributed by atoms with Gasteiger partial charge in [0.15, 0.2) is 0 Å². The number of para-hydroxylation sites is 1. The second kappa shape index (κ2) is 7.53. The molecule has 0 N–H and O–H groups in total. The van der Waals surface area contributed by atoms with Crippen LogP contribution in [0.1, 0.15) is 18.1 Å². The van der Waals surface area contributed by atoms with Crippen LogP contribution >= 0.6 is 0 Å². The van der Waals surface area contributed by atoms with Crippen molar-refractivity contribution < 1.29 is 4.74 Å². The lowest BCUT2D eigenvalue weighted by molar-refractivity contribution is 0.415.